The standard InChI is InChI=1S/C18H14Cl3N3O3S/c19-11-8-13(21)15(9-12(11)20)27-10-17(25)22-5-6-26-18-4-3-14(23-24-18)16-2-1-7-28-16/h1-4,7-9H,5-6,10H2,(H,22,25). The molecule has 0 saturated heterocycles. The average Bonchev–Trinajstić information content (AvgIpc) is 3.22. The van der Waals surface area contributed by atoms with Gasteiger partial charge in [-0.3, -0.25) is 4.79 Å². The predicted molar refractivity (Wildman–Crippen MR) is 111 cm³/mol. The summed E-state index contributed by atoms with van der Waals surface area (Å²) in [4.78, 5) is 12.9. The molecule has 2 heterocycles. The van der Waals surface area contributed by atoms with E-state index in [-0.39, 0.29) is 36.4 Å². The lowest BCUT2D eigenvalue weighted by Gasteiger charge is -2.10. The highest BCUT2D eigenvalue weighted by atomic mass is 35.5. The fourth-order valence-corrected chi connectivity index (χ4v) is 3.39. The molecule has 1 aromatic carbocycles. The molecule has 0 bridgehead atoms. The Morgan fingerprint density at radius 1 is 1.04 bits per heavy atom. The van der Waals surface area contributed by atoms with E-state index in [1.165, 1.54) is 12.1 Å². The van der Waals surface area contributed by atoms with Crippen molar-refractivity contribution >= 4 is 52.0 Å². The predicted octanol–water partition coefficient (Wildman–Crippen LogP) is 4.74. The molecule has 6 nitrogen and oxygen atoms in total. The summed E-state index contributed by atoms with van der Waals surface area (Å²) in [5.41, 5.74) is 0.786. The molecule has 2 aromatic heterocycles. The molecule has 0 radical (unpaired) electrons. The van der Waals surface area contributed by atoms with E-state index >= 15 is 0 Å². The van der Waals surface area contributed by atoms with Crippen LogP contribution < -0.4 is 14.8 Å². The summed E-state index contributed by atoms with van der Waals surface area (Å²) in [6, 6.07) is 10.4. The molecule has 10 heteroatoms. The normalized spacial score (nSPS) is 10.5. The van der Waals surface area contributed by atoms with Gasteiger partial charge in [-0.2, -0.15) is 0 Å². The number of ether oxygens (including phenoxy) is 2. The summed E-state index contributed by atoms with van der Waals surface area (Å²) in [5, 5.41) is 13.6. The first kappa shape index (κ1) is 20.7. The Balaban J connectivity index is 1.38. The fraction of sp³-hybridized carbons (Fsp3) is 0.167. The molecule has 0 aliphatic carbocycles. The number of benzene rings is 1. The Labute approximate surface area is 180 Å². The molecular formula is C18H14Cl3N3O3S. The minimum atomic E-state index is -0.329. The summed E-state index contributed by atoms with van der Waals surface area (Å²) >= 11 is 19.3. The van der Waals surface area contributed by atoms with Crippen molar-refractivity contribution in [2.45, 2.75) is 0 Å². The number of aromatic nitrogens is 2. The van der Waals surface area contributed by atoms with Gasteiger partial charge in [0.25, 0.3) is 5.91 Å². The number of hydrogen-bond acceptors (Lipinski definition) is 6. The molecule has 28 heavy (non-hydrogen) atoms. The third-order valence-electron chi connectivity index (χ3n) is 3.42. The summed E-state index contributed by atoms with van der Waals surface area (Å²) < 4.78 is 10.8. The smallest absolute Gasteiger partial charge is 0.258 e. The van der Waals surface area contributed by atoms with Crippen molar-refractivity contribution in [2.24, 2.45) is 0 Å². The highest BCUT2D eigenvalue weighted by Gasteiger charge is 2.09. The molecule has 3 rings (SSSR count). The van der Waals surface area contributed by atoms with Crippen molar-refractivity contribution in [3.63, 3.8) is 0 Å². The van der Waals surface area contributed by atoms with Gasteiger partial charge in [0.2, 0.25) is 5.88 Å². The topological polar surface area (TPSA) is 73.3 Å². The maximum Gasteiger partial charge on any atom is 0.258 e. The Morgan fingerprint density at radius 3 is 2.57 bits per heavy atom. The average molecular weight is 459 g/mol. The van der Waals surface area contributed by atoms with Crippen LogP contribution in [0.3, 0.4) is 0 Å². The largest absolute Gasteiger partial charge is 0.482 e. The van der Waals surface area contributed by atoms with Gasteiger partial charge in [-0.1, -0.05) is 40.9 Å². The number of carbonyl (C=O) groups is 1. The van der Waals surface area contributed by atoms with Crippen molar-refractivity contribution in [2.75, 3.05) is 19.8 Å². The van der Waals surface area contributed by atoms with E-state index in [2.05, 4.69) is 15.5 Å². The van der Waals surface area contributed by atoms with Crippen LogP contribution in [0.5, 0.6) is 11.6 Å². The van der Waals surface area contributed by atoms with Gasteiger partial charge in [-0.25, -0.2) is 0 Å². The Hall–Kier alpha value is -2.06. The third kappa shape index (κ3) is 5.72. The van der Waals surface area contributed by atoms with E-state index in [4.69, 9.17) is 44.3 Å². The SMILES string of the molecule is O=C(COc1cc(Cl)c(Cl)cc1Cl)NCCOc1ccc(-c2cccs2)nn1. The third-order valence-corrected chi connectivity index (χ3v) is 5.33. The zero-order valence-electron chi connectivity index (χ0n) is 14.3. The van der Waals surface area contributed by atoms with Crippen molar-refractivity contribution in [1.29, 1.82) is 0 Å². The molecule has 0 spiro atoms. The van der Waals surface area contributed by atoms with E-state index in [0.717, 1.165) is 10.6 Å². The van der Waals surface area contributed by atoms with Crippen LogP contribution in [0.1, 0.15) is 0 Å². The second kappa shape index (κ2) is 9.93. The fourth-order valence-electron chi connectivity index (χ4n) is 2.11. The van der Waals surface area contributed by atoms with Gasteiger partial charge >= 0.3 is 0 Å². The van der Waals surface area contributed by atoms with Gasteiger partial charge in [-0.15, -0.1) is 21.5 Å². The molecule has 0 saturated carbocycles. The van der Waals surface area contributed by atoms with Gasteiger partial charge in [0, 0.05) is 12.1 Å². The van der Waals surface area contributed by atoms with E-state index in [1.807, 2.05) is 23.6 Å². The molecule has 0 aliphatic rings. The number of thiophene rings is 1. The summed E-state index contributed by atoms with van der Waals surface area (Å²) in [7, 11) is 0. The maximum absolute atomic E-state index is 11.8. The first-order valence-corrected chi connectivity index (χ1v) is 10.1. The molecular weight excluding hydrogens is 445 g/mol. The van der Waals surface area contributed by atoms with Gasteiger partial charge < -0.3 is 14.8 Å². The Morgan fingerprint density at radius 2 is 1.86 bits per heavy atom. The van der Waals surface area contributed by atoms with Crippen LogP contribution in [-0.4, -0.2) is 35.9 Å². The van der Waals surface area contributed by atoms with E-state index in [1.54, 1.807) is 17.4 Å². The van der Waals surface area contributed by atoms with Gasteiger partial charge in [0.15, 0.2) is 6.61 Å². The van der Waals surface area contributed by atoms with Crippen LogP contribution in [-0.2, 0) is 4.79 Å². The molecule has 3 aromatic rings. The van der Waals surface area contributed by atoms with E-state index in [9.17, 15) is 4.79 Å². The molecule has 0 atom stereocenters. The molecule has 146 valence electrons. The van der Waals surface area contributed by atoms with Crippen molar-refractivity contribution in [3.8, 4) is 22.2 Å². The summed E-state index contributed by atoms with van der Waals surface area (Å²) in [5.74, 6) is 0.335. The van der Waals surface area contributed by atoms with Crippen molar-refractivity contribution < 1.29 is 14.3 Å². The number of carbonyl (C=O) groups excluding carboxylic acids is 1. The number of amides is 1. The minimum Gasteiger partial charge on any atom is -0.482 e. The number of hydrogen-bond donors (Lipinski definition) is 1. The number of halogens is 3. The molecule has 0 aliphatic heterocycles. The maximum atomic E-state index is 11.8. The quantitative estimate of drug-likeness (QED) is 0.390. The van der Waals surface area contributed by atoms with Crippen LogP contribution in [0.4, 0.5) is 0 Å². The highest BCUT2D eigenvalue weighted by molar-refractivity contribution is 7.13. The summed E-state index contributed by atoms with van der Waals surface area (Å²) in [6.07, 6.45) is 0. The van der Waals surface area contributed by atoms with E-state index < -0.39 is 0 Å². The van der Waals surface area contributed by atoms with Gasteiger partial charge in [0.05, 0.1) is 26.5 Å². The van der Waals surface area contributed by atoms with Gasteiger partial charge in [0.1, 0.15) is 18.1 Å². The number of rotatable bonds is 8. The monoisotopic (exact) mass is 457 g/mol. The van der Waals surface area contributed by atoms with Crippen LogP contribution in [0.2, 0.25) is 15.1 Å². The molecule has 0 fully saturated rings. The van der Waals surface area contributed by atoms with Crippen LogP contribution in [0.15, 0.2) is 41.8 Å². The Bertz CT molecular complexity index is 937. The van der Waals surface area contributed by atoms with Crippen LogP contribution in [0, 0.1) is 0 Å². The van der Waals surface area contributed by atoms with Gasteiger partial charge in [-0.05, 0) is 23.6 Å². The Kier molecular flexibility index (Phi) is 7.33. The lowest BCUT2D eigenvalue weighted by Crippen LogP contribution is -2.32. The van der Waals surface area contributed by atoms with E-state index in [0.29, 0.717) is 15.9 Å². The second-order valence-corrected chi connectivity index (χ2v) is 7.59. The highest BCUT2D eigenvalue weighted by Crippen LogP contribution is 2.33. The second-order valence-electron chi connectivity index (χ2n) is 5.42. The van der Waals surface area contributed by atoms with Crippen molar-refractivity contribution in [3.05, 3.63) is 56.8 Å². The molecule has 1 amide bonds. The first-order valence-electron chi connectivity index (χ1n) is 8.07. The number of nitrogens with zero attached hydrogens (tertiary/aromatic N) is 2. The number of nitrogens with one attached hydrogen (secondary N) is 1. The zero-order chi connectivity index (χ0) is 19.9. The zero-order valence-corrected chi connectivity index (χ0v) is 17.4. The van der Waals surface area contributed by atoms with Crippen molar-refractivity contribution in [1.82, 2.24) is 15.5 Å². The van der Waals surface area contributed by atoms with Crippen LogP contribution >= 0.6 is 46.1 Å². The lowest BCUT2D eigenvalue weighted by molar-refractivity contribution is -0.123. The molecule has 1 N–H and O–H groups in total. The van der Waals surface area contributed by atoms with Crippen LogP contribution in [0.25, 0.3) is 10.6 Å². The first-order chi connectivity index (χ1) is 13.5. The minimum absolute atomic E-state index is 0.215. The molecule has 0 unspecified atom stereocenters. The lowest BCUT2D eigenvalue weighted by atomic mass is 10.3. The summed E-state index contributed by atoms with van der Waals surface area (Å²) in [6.45, 7) is 0.310.